The summed E-state index contributed by atoms with van der Waals surface area (Å²) in [4.78, 5) is 12.5. The first-order chi connectivity index (χ1) is 11.0. The van der Waals surface area contributed by atoms with Crippen LogP contribution >= 0.6 is 11.6 Å². The maximum atomic E-state index is 12.5. The molecule has 0 aliphatic heterocycles. The minimum atomic E-state index is -0.201. The number of aryl methyl sites for hydroxylation is 1. The summed E-state index contributed by atoms with van der Waals surface area (Å²) in [5, 5.41) is 7.42. The number of rotatable bonds is 6. The molecule has 1 amide bonds. The molecule has 2 rings (SSSR count). The summed E-state index contributed by atoms with van der Waals surface area (Å²) in [6, 6.07) is 8.45. The maximum Gasteiger partial charge on any atom is 0.271 e. The van der Waals surface area contributed by atoms with Crippen LogP contribution in [0.1, 0.15) is 67.2 Å². The molecule has 0 radical (unpaired) electrons. The summed E-state index contributed by atoms with van der Waals surface area (Å²) in [5.74, 6) is 0.347. The van der Waals surface area contributed by atoms with Crippen LogP contribution in [0.15, 0.2) is 30.5 Å². The lowest BCUT2D eigenvalue weighted by Gasteiger charge is -2.19. The number of amides is 1. The van der Waals surface area contributed by atoms with E-state index in [0.717, 1.165) is 18.4 Å². The molecule has 5 heteroatoms. The van der Waals surface area contributed by atoms with Crippen molar-refractivity contribution >= 4 is 17.5 Å². The Bertz CT molecular complexity index is 644. The monoisotopic (exact) mass is 333 g/mol. The summed E-state index contributed by atoms with van der Waals surface area (Å²) < 4.78 is 1.50. The molecule has 1 N–H and O–H groups in total. The molecule has 124 valence electrons. The second-order valence-electron chi connectivity index (χ2n) is 5.87. The van der Waals surface area contributed by atoms with Crippen LogP contribution in [0.25, 0.3) is 0 Å². The Kier molecular flexibility index (Phi) is 5.83. The van der Waals surface area contributed by atoms with E-state index in [1.165, 1.54) is 16.4 Å². The summed E-state index contributed by atoms with van der Waals surface area (Å²) >= 11 is 6.04. The third-order valence-corrected chi connectivity index (χ3v) is 4.62. The number of hydrogen-bond acceptors (Lipinski definition) is 2. The second kappa shape index (κ2) is 7.64. The predicted molar refractivity (Wildman–Crippen MR) is 93.9 cm³/mol. The number of hydrogen-bond donors (Lipinski definition) is 1. The minimum Gasteiger partial charge on any atom is -0.344 e. The largest absolute Gasteiger partial charge is 0.344 e. The third kappa shape index (κ3) is 3.94. The summed E-state index contributed by atoms with van der Waals surface area (Å²) in [7, 11) is 1.71. The molecule has 2 unspecified atom stereocenters. The lowest BCUT2D eigenvalue weighted by molar-refractivity contribution is 0.0926. The highest BCUT2D eigenvalue weighted by molar-refractivity contribution is 6.33. The highest BCUT2D eigenvalue weighted by atomic mass is 35.5. The van der Waals surface area contributed by atoms with Crippen LogP contribution in [0, 0.1) is 0 Å². The van der Waals surface area contributed by atoms with Gasteiger partial charge in [-0.2, -0.15) is 5.10 Å². The zero-order valence-corrected chi connectivity index (χ0v) is 14.9. The molecule has 0 saturated carbocycles. The molecule has 2 aromatic rings. The number of aromatic nitrogens is 2. The SMILES string of the molecule is CCC(C)c1ccc(C(CC)NC(=O)c2c(Cl)cnn2C)cc1. The number of carbonyl (C=O) groups is 1. The predicted octanol–water partition coefficient (Wildman–Crippen LogP) is 4.47. The standard InChI is InChI=1S/C18H24ClN3O/c1-5-12(3)13-7-9-14(10-8-13)16(6-2)21-18(23)17-15(19)11-20-22(17)4/h7-12,16H,5-6H2,1-4H3,(H,21,23). The van der Waals surface area contributed by atoms with Crippen molar-refractivity contribution in [1.82, 2.24) is 15.1 Å². The van der Waals surface area contributed by atoms with Crippen molar-refractivity contribution < 1.29 is 4.79 Å². The molecule has 0 saturated heterocycles. The fraction of sp³-hybridized carbons (Fsp3) is 0.444. The fourth-order valence-electron chi connectivity index (χ4n) is 2.61. The van der Waals surface area contributed by atoms with Gasteiger partial charge in [0.1, 0.15) is 5.69 Å². The van der Waals surface area contributed by atoms with Crippen LogP contribution in [0.5, 0.6) is 0 Å². The van der Waals surface area contributed by atoms with Crippen molar-refractivity contribution in [3.63, 3.8) is 0 Å². The van der Waals surface area contributed by atoms with E-state index in [1.54, 1.807) is 7.05 Å². The van der Waals surface area contributed by atoms with Crippen molar-refractivity contribution in [2.75, 3.05) is 0 Å². The molecule has 0 aliphatic rings. The molecule has 4 nitrogen and oxygen atoms in total. The van der Waals surface area contributed by atoms with Gasteiger partial charge in [-0.05, 0) is 29.9 Å². The lowest BCUT2D eigenvalue weighted by atomic mass is 9.95. The Hall–Kier alpha value is -1.81. The van der Waals surface area contributed by atoms with E-state index in [4.69, 9.17) is 11.6 Å². The summed E-state index contributed by atoms with van der Waals surface area (Å²) in [6.07, 6.45) is 3.41. The quantitative estimate of drug-likeness (QED) is 0.847. The summed E-state index contributed by atoms with van der Waals surface area (Å²) in [6.45, 7) is 6.46. The van der Waals surface area contributed by atoms with E-state index in [-0.39, 0.29) is 11.9 Å². The highest BCUT2D eigenvalue weighted by Crippen LogP contribution is 2.23. The van der Waals surface area contributed by atoms with Crippen LogP contribution in [0.2, 0.25) is 5.02 Å². The molecule has 2 atom stereocenters. The summed E-state index contributed by atoms with van der Waals surface area (Å²) in [5.41, 5.74) is 2.82. The molecule has 1 aromatic heterocycles. The first-order valence-corrected chi connectivity index (χ1v) is 8.43. The van der Waals surface area contributed by atoms with Gasteiger partial charge in [0, 0.05) is 7.05 Å². The van der Waals surface area contributed by atoms with Gasteiger partial charge in [0.2, 0.25) is 0 Å². The number of halogens is 1. The van der Waals surface area contributed by atoms with Crippen molar-refractivity contribution in [2.45, 2.75) is 45.6 Å². The molecule has 0 spiro atoms. The van der Waals surface area contributed by atoms with Gasteiger partial charge >= 0.3 is 0 Å². The molecule has 1 aromatic carbocycles. The molecule has 0 bridgehead atoms. The second-order valence-corrected chi connectivity index (χ2v) is 6.28. The zero-order chi connectivity index (χ0) is 17.0. The van der Waals surface area contributed by atoms with E-state index in [2.05, 4.69) is 55.5 Å². The molecule has 0 aliphatic carbocycles. The van der Waals surface area contributed by atoms with Gasteiger partial charge in [0.25, 0.3) is 5.91 Å². The Balaban J connectivity index is 2.15. The Morgan fingerprint density at radius 2 is 1.83 bits per heavy atom. The number of benzene rings is 1. The van der Waals surface area contributed by atoms with Crippen LogP contribution in [0.4, 0.5) is 0 Å². The number of nitrogens with one attached hydrogen (secondary N) is 1. The van der Waals surface area contributed by atoms with Gasteiger partial charge in [0.05, 0.1) is 17.3 Å². The average molecular weight is 334 g/mol. The molecule has 23 heavy (non-hydrogen) atoms. The van der Waals surface area contributed by atoms with E-state index >= 15 is 0 Å². The number of carbonyl (C=O) groups excluding carboxylic acids is 1. The van der Waals surface area contributed by atoms with Crippen LogP contribution in [-0.2, 0) is 7.05 Å². The Morgan fingerprint density at radius 1 is 1.22 bits per heavy atom. The van der Waals surface area contributed by atoms with Gasteiger partial charge in [-0.3, -0.25) is 9.48 Å². The van der Waals surface area contributed by atoms with Gasteiger partial charge < -0.3 is 5.32 Å². The zero-order valence-electron chi connectivity index (χ0n) is 14.1. The highest BCUT2D eigenvalue weighted by Gasteiger charge is 2.19. The minimum absolute atomic E-state index is 0.0422. The normalized spacial score (nSPS) is 13.6. The van der Waals surface area contributed by atoms with Crippen molar-refractivity contribution in [3.05, 3.63) is 52.3 Å². The van der Waals surface area contributed by atoms with Crippen LogP contribution in [0.3, 0.4) is 0 Å². The van der Waals surface area contributed by atoms with Crippen molar-refractivity contribution in [2.24, 2.45) is 7.05 Å². The Labute approximate surface area is 142 Å². The molecular weight excluding hydrogens is 310 g/mol. The molecule has 1 heterocycles. The molecule has 0 fully saturated rings. The van der Waals surface area contributed by atoms with E-state index in [1.807, 2.05) is 0 Å². The fourth-order valence-corrected chi connectivity index (χ4v) is 2.86. The third-order valence-electron chi connectivity index (χ3n) is 4.34. The van der Waals surface area contributed by atoms with Gasteiger partial charge in [0.15, 0.2) is 0 Å². The first-order valence-electron chi connectivity index (χ1n) is 8.06. The van der Waals surface area contributed by atoms with Crippen molar-refractivity contribution in [3.8, 4) is 0 Å². The van der Waals surface area contributed by atoms with Crippen LogP contribution < -0.4 is 5.32 Å². The van der Waals surface area contributed by atoms with Crippen molar-refractivity contribution in [1.29, 1.82) is 0 Å². The lowest BCUT2D eigenvalue weighted by Crippen LogP contribution is -2.30. The van der Waals surface area contributed by atoms with Crippen LogP contribution in [-0.4, -0.2) is 15.7 Å². The van der Waals surface area contributed by atoms with Gasteiger partial charge in [-0.1, -0.05) is 56.6 Å². The number of nitrogens with zero attached hydrogens (tertiary/aromatic N) is 2. The van der Waals surface area contributed by atoms with E-state index in [0.29, 0.717) is 16.6 Å². The topological polar surface area (TPSA) is 46.9 Å². The molecular formula is C18H24ClN3O. The van der Waals surface area contributed by atoms with E-state index in [9.17, 15) is 4.79 Å². The van der Waals surface area contributed by atoms with E-state index < -0.39 is 0 Å². The average Bonchev–Trinajstić information content (AvgIpc) is 2.90. The van der Waals surface area contributed by atoms with Gasteiger partial charge in [-0.25, -0.2) is 0 Å². The first kappa shape index (κ1) is 17.5. The van der Waals surface area contributed by atoms with Gasteiger partial charge in [-0.15, -0.1) is 0 Å². The smallest absolute Gasteiger partial charge is 0.271 e. The Morgan fingerprint density at radius 3 is 2.30 bits per heavy atom. The maximum absolute atomic E-state index is 12.5.